The van der Waals surface area contributed by atoms with Gasteiger partial charge < -0.3 is 14.2 Å². The molecule has 0 saturated carbocycles. The van der Waals surface area contributed by atoms with E-state index in [1.54, 1.807) is 13.8 Å². The number of carbonyl (C=O) groups is 1. The summed E-state index contributed by atoms with van der Waals surface area (Å²) in [6.07, 6.45) is -0.0468. The number of aliphatic carboxylic acids is 1. The molecule has 0 saturated heterocycles. The number of hydrogen-bond donors (Lipinski definition) is 1. The third kappa shape index (κ3) is 6.43. The molecule has 0 aromatic rings. The van der Waals surface area contributed by atoms with Gasteiger partial charge in [-0.25, -0.2) is 4.57 Å². The van der Waals surface area contributed by atoms with E-state index in [4.69, 9.17) is 14.2 Å². The Morgan fingerprint density at radius 2 is 1.86 bits per heavy atom. The molecular formula is C7H15O5PS. The second kappa shape index (κ2) is 7.29. The lowest BCUT2D eigenvalue weighted by molar-refractivity contribution is -0.136. The van der Waals surface area contributed by atoms with Crippen molar-refractivity contribution in [3.63, 3.8) is 0 Å². The van der Waals surface area contributed by atoms with Gasteiger partial charge in [0.05, 0.1) is 19.6 Å². The Kier molecular flexibility index (Phi) is 7.27. The van der Waals surface area contributed by atoms with Crippen LogP contribution < -0.4 is 0 Å². The maximum absolute atomic E-state index is 11.7. The van der Waals surface area contributed by atoms with Gasteiger partial charge in [0, 0.05) is 5.75 Å². The third-order valence-corrected chi connectivity index (χ3v) is 5.12. The van der Waals surface area contributed by atoms with Crippen LogP contribution in [0, 0.1) is 0 Å². The van der Waals surface area contributed by atoms with Crippen molar-refractivity contribution >= 4 is 24.1 Å². The zero-order chi connectivity index (χ0) is 11.0. The van der Waals surface area contributed by atoms with Crippen molar-refractivity contribution in [2.75, 3.05) is 19.0 Å². The molecule has 0 fully saturated rings. The van der Waals surface area contributed by atoms with Crippen molar-refractivity contribution in [1.82, 2.24) is 0 Å². The van der Waals surface area contributed by atoms with Crippen LogP contribution in [-0.4, -0.2) is 30.0 Å². The second-order valence-electron chi connectivity index (χ2n) is 2.26. The predicted octanol–water partition coefficient (Wildman–Crippen LogP) is 2.38. The Morgan fingerprint density at radius 3 is 2.21 bits per heavy atom. The summed E-state index contributed by atoms with van der Waals surface area (Å²) in [6.45, 7) is 0.879. The molecule has 0 heterocycles. The van der Waals surface area contributed by atoms with Crippen molar-refractivity contribution in [3.05, 3.63) is 0 Å². The van der Waals surface area contributed by atoms with E-state index in [1.807, 2.05) is 0 Å². The second-order valence-corrected chi connectivity index (χ2v) is 6.45. The molecule has 5 nitrogen and oxygen atoms in total. The lowest BCUT2D eigenvalue weighted by atomic mass is 10.5. The van der Waals surface area contributed by atoms with Crippen LogP contribution in [0.25, 0.3) is 0 Å². The van der Waals surface area contributed by atoms with Crippen molar-refractivity contribution in [3.8, 4) is 0 Å². The molecule has 0 aliphatic heterocycles. The van der Waals surface area contributed by atoms with Crippen molar-refractivity contribution in [1.29, 1.82) is 0 Å². The number of carboxylic acids is 1. The Hall–Kier alpha value is -0.0300. The smallest absolute Gasteiger partial charge is 0.389 e. The van der Waals surface area contributed by atoms with Crippen molar-refractivity contribution in [2.45, 2.75) is 20.3 Å². The van der Waals surface area contributed by atoms with Crippen LogP contribution in [0.15, 0.2) is 0 Å². The van der Waals surface area contributed by atoms with Gasteiger partial charge >= 0.3 is 12.8 Å². The van der Waals surface area contributed by atoms with Gasteiger partial charge in [0.25, 0.3) is 0 Å². The summed E-state index contributed by atoms with van der Waals surface area (Å²) in [5.74, 6) is -0.691. The average molecular weight is 242 g/mol. The van der Waals surface area contributed by atoms with Gasteiger partial charge in [0.15, 0.2) is 0 Å². The van der Waals surface area contributed by atoms with Crippen LogP contribution in [-0.2, 0) is 18.4 Å². The first-order chi connectivity index (χ1) is 6.54. The molecule has 0 spiro atoms. The minimum atomic E-state index is -3.12. The van der Waals surface area contributed by atoms with Gasteiger partial charge in [0.1, 0.15) is 0 Å². The summed E-state index contributed by atoms with van der Waals surface area (Å²) in [7, 11) is 0. The standard InChI is InChI=1S/C7H15O5PS/c1-3-11-13(10,12-4-2)14-6-5-7(8)9/h3-6H2,1-2H3,(H,8,9). The van der Waals surface area contributed by atoms with Gasteiger partial charge in [-0.15, -0.1) is 0 Å². The topological polar surface area (TPSA) is 72.8 Å². The van der Waals surface area contributed by atoms with Gasteiger partial charge in [-0.3, -0.25) is 4.79 Å². The summed E-state index contributed by atoms with van der Waals surface area (Å²) in [6, 6.07) is 0. The first-order valence-corrected chi connectivity index (χ1v) is 7.43. The average Bonchev–Trinajstić information content (AvgIpc) is 2.03. The fraction of sp³-hybridized carbons (Fsp3) is 0.857. The maximum Gasteiger partial charge on any atom is 0.389 e. The molecule has 0 aromatic carbocycles. The van der Waals surface area contributed by atoms with Crippen LogP contribution >= 0.6 is 18.2 Å². The van der Waals surface area contributed by atoms with Crippen LogP contribution in [0.3, 0.4) is 0 Å². The minimum Gasteiger partial charge on any atom is -0.481 e. The van der Waals surface area contributed by atoms with E-state index in [0.717, 1.165) is 11.4 Å². The van der Waals surface area contributed by atoms with E-state index in [0.29, 0.717) is 0 Å². The number of rotatable bonds is 8. The van der Waals surface area contributed by atoms with E-state index in [1.165, 1.54) is 0 Å². The van der Waals surface area contributed by atoms with E-state index < -0.39 is 12.8 Å². The largest absolute Gasteiger partial charge is 0.481 e. The maximum atomic E-state index is 11.7. The molecule has 0 aromatic heterocycles. The summed E-state index contributed by atoms with van der Waals surface area (Å²) >= 11 is 0.932. The first-order valence-electron chi connectivity index (χ1n) is 4.29. The molecule has 7 heteroatoms. The van der Waals surface area contributed by atoms with Crippen molar-refractivity contribution in [2.24, 2.45) is 0 Å². The molecule has 0 radical (unpaired) electrons. The van der Waals surface area contributed by atoms with E-state index in [9.17, 15) is 9.36 Å². The fourth-order valence-corrected chi connectivity index (χ4v) is 4.04. The zero-order valence-corrected chi connectivity index (χ0v) is 9.98. The van der Waals surface area contributed by atoms with E-state index in [-0.39, 0.29) is 25.4 Å². The summed E-state index contributed by atoms with van der Waals surface area (Å²) in [5.41, 5.74) is 0. The Bertz CT molecular complexity index is 210. The van der Waals surface area contributed by atoms with Crippen molar-refractivity contribution < 1.29 is 23.5 Å². The highest BCUT2D eigenvalue weighted by Crippen LogP contribution is 2.60. The zero-order valence-electron chi connectivity index (χ0n) is 8.26. The Morgan fingerprint density at radius 1 is 1.36 bits per heavy atom. The summed E-state index contributed by atoms with van der Waals surface area (Å²) < 4.78 is 21.6. The molecule has 0 aliphatic carbocycles. The number of carboxylic acid groups (broad SMARTS) is 1. The fourth-order valence-electron chi connectivity index (χ4n) is 0.673. The first kappa shape index (κ1) is 14.0. The SMILES string of the molecule is CCOP(=O)(OCC)SCCC(=O)O. The van der Waals surface area contributed by atoms with Gasteiger partial charge in [0.2, 0.25) is 0 Å². The molecule has 0 unspecified atom stereocenters. The van der Waals surface area contributed by atoms with Crippen LogP contribution in [0.1, 0.15) is 20.3 Å². The Labute approximate surface area is 87.4 Å². The van der Waals surface area contributed by atoms with Crippen LogP contribution in [0.2, 0.25) is 0 Å². The van der Waals surface area contributed by atoms with E-state index in [2.05, 4.69) is 0 Å². The van der Waals surface area contributed by atoms with Gasteiger partial charge in [-0.1, -0.05) is 0 Å². The lowest BCUT2D eigenvalue weighted by Gasteiger charge is -2.14. The summed E-state index contributed by atoms with van der Waals surface area (Å²) in [4.78, 5) is 10.2. The molecule has 14 heavy (non-hydrogen) atoms. The molecular weight excluding hydrogens is 227 g/mol. The molecule has 0 amide bonds. The molecule has 0 bridgehead atoms. The van der Waals surface area contributed by atoms with Gasteiger partial charge in [-0.05, 0) is 25.2 Å². The quantitative estimate of drug-likeness (QED) is 0.659. The van der Waals surface area contributed by atoms with Crippen LogP contribution in [0.4, 0.5) is 0 Å². The lowest BCUT2D eigenvalue weighted by Crippen LogP contribution is -1.98. The molecule has 84 valence electrons. The summed E-state index contributed by atoms with van der Waals surface area (Å²) in [5, 5.41) is 8.39. The molecule has 0 rings (SSSR count). The van der Waals surface area contributed by atoms with E-state index >= 15 is 0 Å². The Balaban J connectivity index is 3.96. The normalized spacial score (nSPS) is 11.6. The van der Waals surface area contributed by atoms with Gasteiger partial charge in [-0.2, -0.15) is 0 Å². The third-order valence-electron chi connectivity index (χ3n) is 1.14. The highest BCUT2D eigenvalue weighted by molar-refractivity contribution is 8.55. The monoisotopic (exact) mass is 242 g/mol. The number of hydrogen-bond acceptors (Lipinski definition) is 5. The predicted molar refractivity (Wildman–Crippen MR) is 55.6 cm³/mol. The molecule has 0 atom stereocenters. The highest BCUT2D eigenvalue weighted by atomic mass is 32.7. The molecule has 0 aliphatic rings. The van der Waals surface area contributed by atoms with Crippen LogP contribution in [0.5, 0.6) is 0 Å². The minimum absolute atomic E-state index is 0.0468. The highest BCUT2D eigenvalue weighted by Gasteiger charge is 2.24. The molecule has 1 N–H and O–H groups in total.